The number of benzene rings is 2. The van der Waals surface area contributed by atoms with Crippen LogP contribution in [0.25, 0.3) is 10.6 Å². The molecule has 6 nitrogen and oxygen atoms in total. The maximum absolute atomic E-state index is 12.8. The van der Waals surface area contributed by atoms with E-state index < -0.39 is 0 Å². The number of rotatable bonds is 6. The number of halogens is 1. The highest BCUT2D eigenvalue weighted by molar-refractivity contribution is 7.13. The summed E-state index contributed by atoms with van der Waals surface area (Å²) < 4.78 is 5.48. The van der Waals surface area contributed by atoms with Crippen molar-refractivity contribution in [1.29, 1.82) is 0 Å². The lowest BCUT2D eigenvalue weighted by Crippen LogP contribution is -2.51. The van der Waals surface area contributed by atoms with Gasteiger partial charge in [0, 0.05) is 47.7 Å². The van der Waals surface area contributed by atoms with Crippen molar-refractivity contribution in [3.8, 4) is 16.3 Å². The molecule has 0 radical (unpaired) electrons. The monoisotopic (exact) mass is 469 g/mol. The zero-order valence-corrected chi connectivity index (χ0v) is 19.4. The molecule has 4 rings (SSSR count). The van der Waals surface area contributed by atoms with Crippen LogP contribution in [0.15, 0.2) is 53.9 Å². The largest absolute Gasteiger partial charge is 0.494 e. The van der Waals surface area contributed by atoms with Gasteiger partial charge in [0.25, 0.3) is 5.91 Å². The molecule has 166 valence electrons. The second-order valence-corrected chi connectivity index (χ2v) is 8.76. The maximum atomic E-state index is 12.8. The highest BCUT2D eigenvalue weighted by Gasteiger charge is 2.25. The minimum Gasteiger partial charge on any atom is -0.494 e. The van der Waals surface area contributed by atoms with Gasteiger partial charge >= 0.3 is 0 Å². The van der Waals surface area contributed by atoms with Crippen molar-refractivity contribution in [3.63, 3.8) is 0 Å². The molecule has 8 heteroatoms. The van der Waals surface area contributed by atoms with Gasteiger partial charge in [-0.25, -0.2) is 4.98 Å². The highest BCUT2D eigenvalue weighted by Crippen LogP contribution is 2.26. The summed E-state index contributed by atoms with van der Waals surface area (Å²) in [4.78, 5) is 33.6. The van der Waals surface area contributed by atoms with E-state index in [2.05, 4.69) is 4.98 Å². The molecule has 0 spiro atoms. The molecule has 2 amide bonds. The van der Waals surface area contributed by atoms with Crippen LogP contribution >= 0.6 is 22.9 Å². The van der Waals surface area contributed by atoms with Gasteiger partial charge < -0.3 is 14.5 Å². The molecule has 32 heavy (non-hydrogen) atoms. The second kappa shape index (κ2) is 10.1. The Morgan fingerprint density at radius 1 is 1.06 bits per heavy atom. The van der Waals surface area contributed by atoms with E-state index in [4.69, 9.17) is 16.3 Å². The van der Waals surface area contributed by atoms with Crippen LogP contribution in [0, 0.1) is 0 Å². The van der Waals surface area contributed by atoms with Crippen LogP contribution in [0.2, 0.25) is 5.02 Å². The van der Waals surface area contributed by atoms with E-state index in [9.17, 15) is 9.59 Å². The third-order valence-electron chi connectivity index (χ3n) is 5.29. The van der Waals surface area contributed by atoms with E-state index >= 15 is 0 Å². The van der Waals surface area contributed by atoms with E-state index in [1.165, 1.54) is 11.3 Å². The lowest BCUT2D eigenvalue weighted by molar-refractivity contribution is -0.132. The fraction of sp³-hybridized carbons (Fsp3) is 0.292. The van der Waals surface area contributed by atoms with Gasteiger partial charge in [0.2, 0.25) is 5.91 Å². The van der Waals surface area contributed by atoms with Crippen molar-refractivity contribution in [1.82, 2.24) is 14.8 Å². The maximum Gasteiger partial charge on any atom is 0.254 e. The van der Waals surface area contributed by atoms with Gasteiger partial charge in [-0.3, -0.25) is 9.59 Å². The van der Waals surface area contributed by atoms with Gasteiger partial charge in [0.1, 0.15) is 10.8 Å². The van der Waals surface area contributed by atoms with Crippen molar-refractivity contribution in [2.75, 3.05) is 32.8 Å². The lowest BCUT2D eigenvalue weighted by atomic mass is 10.1. The molecule has 1 fully saturated rings. The Balaban J connectivity index is 1.31. The molecular weight excluding hydrogens is 446 g/mol. The van der Waals surface area contributed by atoms with Gasteiger partial charge in [-0.1, -0.05) is 17.7 Å². The number of hydrogen-bond acceptors (Lipinski definition) is 5. The summed E-state index contributed by atoms with van der Waals surface area (Å²) in [5.74, 6) is 0.804. The van der Waals surface area contributed by atoms with Crippen LogP contribution < -0.4 is 4.74 Å². The van der Waals surface area contributed by atoms with E-state index in [0.29, 0.717) is 43.4 Å². The number of hydrogen-bond donors (Lipinski definition) is 0. The van der Waals surface area contributed by atoms with Crippen molar-refractivity contribution in [2.45, 2.75) is 13.3 Å². The molecule has 3 aromatic rings. The van der Waals surface area contributed by atoms with Gasteiger partial charge in [0.05, 0.1) is 18.7 Å². The molecule has 0 atom stereocenters. The number of thiazole rings is 1. The number of amides is 2. The van der Waals surface area contributed by atoms with Crippen LogP contribution in [-0.4, -0.2) is 59.4 Å². The predicted molar refractivity (Wildman–Crippen MR) is 126 cm³/mol. The molecule has 0 unspecified atom stereocenters. The third-order valence-corrected chi connectivity index (χ3v) is 6.46. The van der Waals surface area contributed by atoms with Crippen molar-refractivity contribution in [3.05, 3.63) is 70.2 Å². The van der Waals surface area contributed by atoms with E-state index in [0.717, 1.165) is 22.0 Å². The summed E-state index contributed by atoms with van der Waals surface area (Å²) in [6.45, 7) is 4.63. The number of aromatic nitrogens is 1. The van der Waals surface area contributed by atoms with Crippen LogP contribution in [-0.2, 0) is 11.2 Å². The third kappa shape index (κ3) is 5.29. The quantitative estimate of drug-likeness (QED) is 0.537. The topological polar surface area (TPSA) is 62.7 Å². The van der Waals surface area contributed by atoms with Gasteiger partial charge in [-0.05, 0) is 49.4 Å². The SMILES string of the molecule is CCOc1ccc(-c2nc(CC(=O)N3CCN(C(=O)c4cccc(Cl)c4)CC3)cs2)cc1. The van der Waals surface area contributed by atoms with Crippen LogP contribution in [0.4, 0.5) is 0 Å². The number of ether oxygens (including phenoxy) is 1. The highest BCUT2D eigenvalue weighted by atomic mass is 35.5. The zero-order chi connectivity index (χ0) is 22.5. The Morgan fingerprint density at radius 3 is 2.47 bits per heavy atom. The Kier molecular flexibility index (Phi) is 7.07. The Morgan fingerprint density at radius 2 is 1.78 bits per heavy atom. The minimum absolute atomic E-state index is 0.0309. The second-order valence-electron chi connectivity index (χ2n) is 7.46. The summed E-state index contributed by atoms with van der Waals surface area (Å²) in [5.41, 5.74) is 2.34. The van der Waals surface area contributed by atoms with Gasteiger partial charge in [0.15, 0.2) is 0 Å². The lowest BCUT2D eigenvalue weighted by Gasteiger charge is -2.34. The predicted octanol–water partition coefficient (Wildman–Crippen LogP) is 4.39. The molecular formula is C24H24ClN3O3S. The first kappa shape index (κ1) is 22.3. The molecule has 0 saturated carbocycles. The van der Waals surface area contributed by atoms with E-state index in [1.807, 2.05) is 36.6 Å². The zero-order valence-electron chi connectivity index (χ0n) is 17.8. The minimum atomic E-state index is -0.0564. The number of piperazine rings is 1. The first-order chi connectivity index (χ1) is 15.5. The fourth-order valence-corrected chi connectivity index (χ4v) is 4.63. The standard InChI is InChI=1S/C24H24ClN3O3S/c1-2-31-21-8-6-17(7-9-21)23-26-20(16-32-23)15-22(29)27-10-12-28(13-11-27)24(30)18-4-3-5-19(25)14-18/h3-9,14,16H,2,10-13,15H2,1H3. The van der Waals surface area contributed by atoms with Crippen molar-refractivity contribution in [2.24, 2.45) is 0 Å². The molecule has 2 aromatic carbocycles. The number of carbonyl (C=O) groups is 2. The van der Waals surface area contributed by atoms with Crippen LogP contribution in [0.3, 0.4) is 0 Å². The van der Waals surface area contributed by atoms with Gasteiger partial charge in [-0.15, -0.1) is 11.3 Å². The Hall–Kier alpha value is -2.90. The number of nitrogens with zero attached hydrogens (tertiary/aromatic N) is 3. The molecule has 0 aliphatic carbocycles. The van der Waals surface area contributed by atoms with E-state index in [1.54, 1.807) is 34.1 Å². The average Bonchev–Trinajstić information content (AvgIpc) is 3.28. The van der Waals surface area contributed by atoms with Gasteiger partial charge in [-0.2, -0.15) is 0 Å². The molecule has 1 aliphatic rings. The smallest absolute Gasteiger partial charge is 0.254 e. The summed E-state index contributed by atoms with van der Waals surface area (Å²) in [7, 11) is 0. The summed E-state index contributed by atoms with van der Waals surface area (Å²) in [5, 5.41) is 3.35. The first-order valence-corrected chi connectivity index (χ1v) is 11.8. The molecule has 1 aromatic heterocycles. The van der Waals surface area contributed by atoms with E-state index in [-0.39, 0.29) is 18.2 Å². The van der Waals surface area contributed by atoms with Crippen molar-refractivity contribution >= 4 is 34.8 Å². The molecule has 1 saturated heterocycles. The molecule has 1 aliphatic heterocycles. The van der Waals surface area contributed by atoms with Crippen LogP contribution in [0.1, 0.15) is 23.0 Å². The van der Waals surface area contributed by atoms with Crippen molar-refractivity contribution < 1.29 is 14.3 Å². The first-order valence-electron chi connectivity index (χ1n) is 10.5. The molecule has 0 bridgehead atoms. The summed E-state index contributed by atoms with van der Waals surface area (Å²) in [6.07, 6.45) is 0.260. The number of carbonyl (C=O) groups excluding carboxylic acids is 2. The molecule has 0 N–H and O–H groups in total. The Labute approximate surface area is 196 Å². The summed E-state index contributed by atoms with van der Waals surface area (Å²) >= 11 is 7.52. The molecule has 2 heterocycles. The summed E-state index contributed by atoms with van der Waals surface area (Å²) in [6, 6.07) is 14.8. The average molecular weight is 470 g/mol. The Bertz CT molecular complexity index is 1090. The fourth-order valence-electron chi connectivity index (χ4n) is 3.61. The van der Waals surface area contributed by atoms with Crippen LogP contribution in [0.5, 0.6) is 5.75 Å². The normalized spacial score (nSPS) is 13.8.